The first-order chi connectivity index (χ1) is 15.1. The fourth-order valence-electron chi connectivity index (χ4n) is 2.80. The number of hydrazone groups is 1. The number of nitro groups is 1. The molecule has 0 atom stereocenters. The van der Waals surface area contributed by atoms with Gasteiger partial charge in [0.25, 0.3) is 11.6 Å². The molecule has 0 unspecified atom stereocenters. The summed E-state index contributed by atoms with van der Waals surface area (Å²) in [4.78, 5) is 27.4. The van der Waals surface area contributed by atoms with Crippen molar-refractivity contribution in [3.8, 4) is 0 Å². The van der Waals surface area contributed by atoms with Gasteiger partial charge in [0, 0.05) is 17.4 Å². The molecule has 31 heavy (non-hydrogen) atoms. The molecule has 0 aliphatic heterocycles. The minimum atomic E-state index is -0.492. The van der Waals surface area contributed by atoms with E-state index in [-0.39, 0.29) is 11.6 Å². The number of thiazole rings is 1. The van der Waals surface area contributed by atoms with Crippen molar-refractivity contribution in [1.82, 2.24) is 10.4 Å². The predicted molar refractivity (Wildman–Crippen MR) is 124 cm³/mol. The van der Waals surface area contributed by atoms with Gasteiger partial charge in [-0.15, -0.1) is 11.3 Å². The molecule has 0 radical (unpaired) electrons. The lowest BCUT2D eigenvalue weighted by Gasteiger charge is -2.03. The van der Waals surface area contributed by atoms with Crippen LogP contribution in [0.2, 0.25) is 0 Å². The SMILES string of the molecule is O=C(N/N=C\c1ccccc1[N+](=O)[O-])c1ccc(CSc2nc3ccccc3s2)cc1. The van der Waals surface area contributed by atoms with Gasteiger partial charge in [0.2, 0.25) is 0 Å². The molecular formula is C22H16N4O3S2. The highest BCUT2D eigenvalue weighted by Gasteiger charge is 2.10. The number of nitro benzene ring substituents is 1. The number of rotatable bonds is 7. The van der Waals surface area contributed by atoms with Crippen molar-refractivity contribution in [2.24, 2.45) is 5.10 Å². The first kappa shape index (κ1) is 20.7. The van der Waals surface area contributed by atoms with Crippen LogP contribution in [0.15, 0.2) is 82.2 Å². The average Bonchev–Trinajstić information content (AvgIpc) is 3.21. The molecule has 0 bridgehead atoms. The molecule has 0 saturated heterocycles. The van der Waals surface area contributed by atoms with E-state index < -0.39 is 4.92 Å². The molecular weight excluding hydrogens is 432 g/mol. The fraction of sp³-hybridized carbons (Fsp3) is 0.0455. The number of nitrogens with one attached hydrogen (secondary N) is 1. The highest BCUT2D eigenvalue weighted by Crippen LogP contribution is 2.31. The zero-order valence-corrected chi connectivity index (χ0v) is 17.7. The van der Waals surface area contributed by atoms with E-state index >= 15 is 0 Å². The normalized spacial score (nSPS) is 11.1. The summed E-state index contributed by atoms with van der Waals surface area (Å²) in [7, 11) is 0. The largest absolute Gasteiger partial charge is 0.278 e. The van der Waals surface area contributed by atoms with Crippen molar-refractivity contribution < 1.29 is 9.72 Å². The van der Waals surface area contributed by atoms with Gasteiger partial charge in [-0.2, -0.15) is 5.10 Å². The molecule has 0 spiro atoms. The summed E-state index contributed by atoms with van der Waals surface area (Å²) >= 11 is 3.32. The van der Waals surface area contributed by atoms with Crippen molar-refractivity contribution in [3.05, 3.63) is 99.6 Å². The Kier molecular flexibility index (Phi) is 6.34. The number of aromatic nitrogens is 1. The van der Waals surface area contributed by atoms with Crippen molar-refractivity contribution >= 4 is 51.1 Å². The number of benzene rings is 3. The molecule has 1 heterocycles. The van der Waals surface area contributed by atoms with Gasteiger partial charge in [0.05, 0.1) is 26.9 Å². The summed E-state index contributed by atoms with van der Waals surface area (Å²) in [5.41, 5.74) is 5.17. The maximum atomic E-state index is 12.3. The Balaban J connectivity index is 1.34. The third-order valence-electron chi connectivity index (χ3n) is 4.36. The standard InChI is InChI=1S/C22H16N4O3S2/c27-21(25-23-13-17-5-1-3-7-19(17)26(28)29)16-11-9-15(10-12-16)14-30-22-24-18-6-2-4-8-20(18)31-22/h1-13H,14H2,(H,25,27)/b23-13-. The van der Waals surface area contributed by atoms with Gasteiger partial charge in [0.15, 0.2) is 4.34 Å². The lowest BCUT2D eigenvalue weighted by molar-refractivity contribution is -0.385. The third-order valence-corrected chi connectivity index (χ3v) is 6.61. The zero-order chi connectivity index (χ0) is 21.6. The zero-order valence-electron chi connectivity index (χ0n) is 16.1. The summed E-state index contributed by atoms with van der Waals surface area (Å²) in [6.45, 7) is 0. The molecule has 0 aliphatic carbocycles. The quantitative estimate of drug-likeness (QED) is 0.180. The molecule has 7 nitrogen and oxygen atoms in total. The molecule has 0 saturated carbocycles. The van der Waals surface area contributed by atoms with Gasteiger partial charge in [-0.05, 0) is 35.9 Å². The molecule has 4 aromatic rings. The Morgan fingerprint density at radius 1 is 1.10 bits per heavy atom. The topological polar surface area (TPSA) is 97.5 Å². The second kappa shape index (κ2) is 9.50. The van der Waals surface area contributed by atoms with Gasteiger partial charge >= 0.3 is 0 Å². The van der Waals surface area contributed by atoms with Gasteiger partial charge in [-0.1, -0.05) is 48.2 Å². The van der Waals surface area contributed by atoms with Crippen LogP contribution in [0.5, 0.6) is 0 Å². The maximum absolute atomic E-state index is 12.3. The summed E-state index contributed by atoms with van der Waals surface area (Å²) in [6, 6.07) is 21.5. The number of hydrogen-bond acceptors (Lipinski definition) is 7. The number of nitrogens with zero attached hydrogens (tertiary/aromatic N) is 3. The number of hydrogen-bond donors (Lipinski definition) is 1. The Morgan fingerprint density at radius 3 is 2.61 bits per heavy atom. The number of thioether (sulfide) groups is 1. The van der Waals surface area contributed by atoms with Crippen molar-refractivity contribution in [1.29, 1.82) is 0 Å². The first-order valence-electron chi connectivity index (χ1n) is 9.24. The van der Waals surface area contributed by atoms with E-state index in [1.807, 2.05) is 30.3 Å². The van der Waals surface area contributed by atoms with Crippen LogP contribution in [-0.2, 0) is 5.75 Å². The van der Waals surface area contributed by atoms with Crippen LogP contribution in [0.3, 0.4) is 0 Å². The summed E-state index contributed by atoms with van der Waals surface area (Å²) in [5, 5.41) is 14.9. The van der Waals surface area contributed by atoms with Crippen LogP contribution < -0.4 is 5.43 Å². The van der Waals surface area contributed by atoms with Gasteiger partial charge < -0.3 is 0 Å². The van der Waals surface area contributed by atoms with Crippen LogP contribution in [0.1, 0.15) is 21.5 Å². The van der Waals surface area contributed by atoms with Crippen LogP contribution >= 0.6 is 23.1 Å². The Labute approximate surface area is 186 Å². The number of para-hydroxylation sites is 2. The molecule has 0 aliphatic rings. The van der Waals surface area contributed by atoms with Gasteiger partial charge in [0.1, 0.15) is 0 Å². The molecule has 4 rings (SSSR count). The maximum Gasteiger partial charge on any atom is 0.278 e. The second-order valence-electron chi connectivity index (χ2n) is 6.45. The van der Waals surface area contributed by atoms with Crippen molar-refractivity contribution in [2.75, 3.05) is 0 Å². The van der Waals surface area contributed by atoms with E-state index in [0.29, 0.717) is 11.1 Å². The van der Waals surface area contributed by atoms with Crippen molar-refractivity contribution in [3.63, 3.8) is 0 Å². The van der Waals surface area contributed by atoms with Gasteiger partial charge in [-0.25, -0.2) is 10.4 Å². The van der Waals surface area contributed by atoms with E-state index in [1.165, 1.54) is 17.0 Å². The second-order valence-corrected chi connectivity index (χ2v) is 8.70. The molecule has 9 heteroatoms. The van der Waals surface area contributed by atoms with E-state index in [1.54, 1.807) is 53.4 Å². The third kappa shape index (κ3) is 5.14. The number of carbonyl (C=O) groups is 1. The number of carbonyl (C=O) groups excluding carboxylic acids is 1. The predicted octanol–water partition coefficient (Wildman–Crippen LogP) is 5.26. The molecule has 1 aromatic heterocycles. The number of amides is 1. The molecule has 1 N–H and O–H groups in total. The molecule has 154 valence electrons. The van der Waals surface area contributed by atoms with E-state index in [2.05, 4.69) is 21.6 Å². The van der Waals surface area contributed by atoms with Gasteiger partial charge in [-0.3, -0.25) is 14.9 Å². The fourth-order valence-corrected chi connectivity index (χ4v) is 4.82. The van der Waals surface area contributed by atoms with Crippen LogP contribution in [0.4, 0.5) is 5.69 Å². The van der Waals surface area contributed by atoms with E-state index in [0.717, 1.165) is 21.2 Å². The summed E-state index contributed by atoms with van der Waals surface area (Å²) < 4.78 is 2.17. The monoisotopic (exact) mass is 448 g/mol. The molecule has 1 amide bonds. The summed E-state index contributed by atoms with van der Waals surface area (Å²) in [5.74, 6) is 0.359. The lowest BCUT2D eigenvalue weighted by Crippen LogP contribution is -2.17. The average molecular weight is 449 g/mol. The van der Waals surface area contributed by atoms with E-state index in [9.17, 15) is 14.9 Å². The Bertz CT molecular complexity index is 1240. The van der Waals surface area contributed by atoms with E-state index in [4.69, 9.17) is 0 Å². The molecule has 3 aromatic carbocycles. The highest BCUT2D eigenvalue weighted by molar-refractivity contribution is 8.00. The lowest BCUT2D eigenvalue weighted by atomic mass is 10.1. The smallest absolute Gasteiger partial charge is 0.267 e. The van der Waals surface area contributed by atoms with Crippen LogP contribution in [-0.4, -0.2) is 22.0 Å². The van der Waals surface area contributed by atoms with Crippen LogP contribution in [0.25, 0.3) is 10.2 Å². The molecule has 0 fully saturated rings. The first-order valence-corrected chi connectivity index (χ1v) is 11.0. The minimum absolute atomic E-state index is 0.0736. The highest BCUT2D eigenvalue weighted by atomic mass is 32.2. The van der Waals surface area contributed by atoms with Crippen molar-refractivity contribution in [2.45, 2.75) is 10.1 Å². The Morgan fingerprint density at radius 2 is 1.84 bits per heavy atom. The number of fused-ring (bicyclic) bond motifs is 1. The Hall–Kier alpha value is -3.56. The summed E-state index contributed by atoms with van der Waals surface area (Å²) in [6.07, 6.45) is 1.26. The van der Waals surface area contributed by atoms with Crippen LogP contribution in [0, 0.1) is 10.1 Å². The minimum Gasteiger partial charge on any atom is -0.267 e.